The Hall–Kier alpha value is -1.22. The lowest BCUT2D eigenvalue weighted by Crippen LogP contribution is -2.36. The molecule has 1 aromatic carbocycles. The van der Waals surface area contributed by atoms with Crippen molar-refractivity contribution in [3.8, 4) is 0 Å². The molecule has 17 heavy (non-hydrogen) atoms. The van der Waals surface area contributed by atoms with Crippen molar-refractivity contribution in [1.29, 1.82) is 0 Å². The van der Waals surface area contributed by atoms with Gasteiger partial charge in [-0.2, -0.15) is 0 Å². The van der Waals surface area contributed by atoms with Crippen LogP contribution in [0.5, 0.6) is 0 Å². The summed E-state index contributed by atoms with van der Waals surface area (Å²) in [5.41, 5.74) is 7.91. The number of nitrogen functional groups attached to an aromatic ring is 1. The van der Waals surface area contributed by atoms with Crippen molar-refractivity contribution >= 4 is 11.4 Å². The molecular weight excluding hydrogens is 210 g/mol. The number of likely N-dealkylation sites (N-methyl/N-ethyl adjacent to an activating group) is 1. The van der Waals surface area contributed by atoms with E-state index in [4.69, 9.17) is 5.73 Å². The van der Waals surface area contributed by atoms with Crippen LogP contribution in [0.25, 0.3) is 0 Å². The quantitative estimate of drug-likeness (QED) is 0.750. The molecule has 2 bridgehead atoms. The number of nitrogens with zero attached hydrogens (tertiary/aromatic N) is 2. The highest BCUT2D eigenvalue weighted by molar-refractivity contribution is 5.53. The summed E-state index contributed by atoms with van der Waals surface area (Å²) in [5, 5.41) is 0. The van der Waals surface area contributed by atoms with E-state index in [0.29, 0.717) is 0 Å². The number of anilines is 2. The summed E-state index contributed by atoms with van der Waals surface area (Å²) >= 11 is 0. The van der Waals surface area contributed by atoms with Gasteiger partial charge < -0.3 is 10.6 Å². The SMILES string of the molecule is CN1C2CCC1CN(c1ccc(N)cc1)CC2. The average molecular weight is 231 g/mol. The first kappa shape index (κ1) is 10.9. The maximum Gasteiger partial charge on any atom is 0.0368 e. The Labute approximate surface area is 103 Å². The van der Waals surface area contributed by atoms with Crippen LogP contribution in [0.3, 0.4) is 0 Å². The van der Waals surface area contributed by atoms with Crippen LogP contribution in [-0.2, 0) is 0 Å². The number of fused-ring (bicyclic) bond motifs is 2. The van der Waals surface area contributed by atoms with Crippen LogP contribution in [0, 0.1) is 0 Å². The molecule has 2 fully saturated rings. The van der Waals surface area contributed by atoms with E-state index in [1.54, 1.807) is 0 Å². The van der Waals surface area contributed by atoms with Crippen molar-refractivity contribution in [1.82, 2.24) is 4.90 Å². The molecule has 2 aliphatic rings. The number of hydrogen-bond acceptors (Lipinski definition) is 3. The van der Waals surface area contributed by atoms with Gasteiger partial charge in [0.2, 0.25) is 0 Å². The highest BCUT2D eigenvalue weighted by Gasteiger charge is 2.34. The first-order valence-corrected chi connectivity index (χ1v) is 6.56. The molecule has 3 rings (SSSR count). The molecule has 2 N–H and O–H groups in total. The van der Waals surface area contributed by atoms with Gasteiger partial charge in [0.1, 0.15) is 0 Å². The van der Waals surface area contributed by atoms with Crippen LogP contribution in [0.1, 0.15) is 19.3 Å². The average Bonchev–Trinajstić information content (AvgIpc) is 2.55. The van der Waals surface area contributed by atoms with Crippen molar-refractivity contribution in [2.24, 2.45) is 0 Å². The van der Waals surface area contributed by atoms with Crippen molar-refractivity contribution in [2.75, 3.05) is 30.8 Å². The maximum atomic E-state index is 5.74. The van der Waals surface area contributed by atoms with Gasteiger partial charge in [0.25, 0.3) is 0 Å². The fraction of sp³-hybridized carbons (Fsp3) is 0.571. The Morgan fingerprint density at radius 3 is 2.53 bits per heavy atom. The summed E-state index contributed by atoms with van der Waals surface area (Å²) in [6, 6.07) is 9.84. The zero-order valence-electron chi connectivity index (χ0n) is 10.5. The number of rotatable bonds is 1. The van der Waals surface area contributed by atoms with E-state index in [-0.39, 0.29) is 0 Å². The van der Waals surface area contributed by atoms with E-state index in [1.165, 1.54) is 31.5 Å². The third-order valence-electron chi connectivity index (χ3n) is 4.41. The summed E-state index contributed by atoms with van der Waals surface area (Å²) in [7, 11) is 2.29. The van der Waals surface area contributed by atoms with Gasteiger partial charge in [0.15, 0.2) is 0 Å². The van der Waals surface area contributed by atoms with E-state index in [1.807, 2.05) is 12.1 Å². The minimum Gasteiger partial charge on any atom is -0.399 e. The number of nitrogens with two attached hydrogens (primary N) is 1. The Kier molecular flexibility index (Phi) is 2.71. The maximum absolute atomic E-state index is 5.74. The first-order chi connectivity index (χ1) is 8.24. The predicted molar refractivity (Wildman–Crippen MR) is 72.3 cm³/mol. The fourth-order valence-electron chi connectivity index (χ4n) is 3.23. The van der Waals surface area contributed by atoms with Gasteiger partial charge in [-0.25, -0.2) is 0 Å². The standard InChI is InChI=1S/C14H21N3/c1-16-12-6-7-14(16)10-17(9-8-12)13-4-2-11(15)3-5-13/h2-5,12,14H,6-10,15H2,1H3. The first-order valence-electron chi connectivity index (χ1n) is 6.56. The molecule has 1 aromatic rings. The molecule has 3 nitrogen and oxygen atoms in total. The minimum absolute atomic E-state index is 0.736. The van der Waals surface area contributed by atoms with E-state index < -0.39 is 0 Å². The topological polar surface area (TPSA) is 32.5 Å². The third-order valence-corrected chi connectivity index (χ3v) is 4.41. The van der Waals surface area contributed by atoms with Crippen molar-refractivity contribution < 1.29 is 0 Å². The smallest absolute Gasteiger partial charge is 0.0368 e. The highest BCUT2D eigenvalue weighted by Crippen LogP contribution is 2.30. The molecule has 92 valence electrons. The van der Waals surface area contributed by atoms with Crippen LogP contribution < -0.4 is 10.6 Å². The van der Waals surface area contributed by atoms with Gasteiger partial charge in [-0.1, -0.05) is 0 Å². The van der Waals surface area contributed by atoms with Crippen LogP contribution in [0.15, 0.2) is 24.3 Å². The van der Waals surface area contributed by atoms with Gasteiger partial charge in [-0.3, -0.25) is 4.90 Å². The molecule has 2 atom stereocenters. The lowest BCUT2D eigenvalue weighted by Gasteiger charge is -2.27. The van der Waals surface area contributed by atoms with E-state index in [9.17, 15) is 0 Å². The summed E-state index contributed by atoms with van der Waals surface area (Å²) in [5.74, 6) is 0. The highest BCUT2D eigenvalue weighted by atomic mass is 15.3. The minimum atomic E-state index is 0.736. The van der Waals surface area contributed by atoms with Crippen LogP contribution in [0.4, 0.5) is 11.4 Å². The van der Waals surface area contributed by atoms with Gasteiger partial charge >= 0.3 is 0 Å². The van der Waals surface area contributed by atoms with Crippen LogP contribution >= 0.6 is 0 Å². The molecular formula is C14H21N3. The molecule has 3 heteroatoms. The van der Waals surface area contributed by atoms with Crippen molar-refractivity contribution in [3.05, 3.63) is 24.3 Å². The fourth-order valence-corrected chi connectivity index (χ4v) is 3.23. The summed E-state index contributed by atoms with van der Waals surface area (Å²) in [6.07, 6.45) is 4.03. The van der Waals surface area contributed by atoms with Crippen LogP contribution in [-0.4, -0.2) is 37.1 Å². The van der Waals surface area contributed by atoms with Gasteiger partial charge in [0.05, 0.1) is 0 Å². The molecule has 2 unspecified atom stereocenters. The second kappa shape index (κ2) is 4.22. The van der Waals surface area contributed by atoms with Crippen molar-refractivity contribution in [2.45, 2.75) is 31.3 Å². The monoisotopic (exact) mass is 231 g/mol. The molecule has 0 aromatic heterocycles. The van der Waals surface area contributed by atoms with Crippen molar-refractivity contribution in [3.63, 3.8) is 0 Å². The Balaban J connectivity index is 1.79. The molecule has 0 amide bonds. The molecule has 0 saturated carbocycles. The predicted octanol–water partition coefficient (Wildman–Crippen LogP) is 1.94. The number of benzene rings is 1. The summed E-state index contributed by atoms with van der Waals surface area (Å²) < 4.78 is 0. The Bertz CT molecular complexity index is 387. The zero-order chi connectivity index (χ0) is 11.8. The van der Waals surface area contributed by atoms with Gasteiger partial charge in [0, 0.05) is 36.5 Å². The molecule has 0 spiro atoms. The largest absolute Gasteiger partial charge is 0.399 e. The van der Waals surface area contributed by atoms with E-state index >= 15 is 0 Å². The second-order valence-electron chi connectivity index (χ2n) is 5.38. The Morgan fingerprint density at radius 2 is 1.76 bits per heavy atom. The molecule has 2 heterocycles. The normalized spacial score (nSPS) is 29.4. The van der Waals surface area contributed by atoms with E-state index in [2.05, 4.69) is 29.0 Å². The van der Waals surface area contributed by atoms with Gasteiger partial charge in [-0.15, -0.1) is 0 Å². The second-order valence-corrected chi connectivity index (χ2v) is 5.38. The lowest BCUT2D eigenvalue weighted by molar-refractivity contribution is 0.254. The third kappa shape index (κ3) is 2.00. The zero-order valence-corrected chi connectivity index (χ0v) is 10.5. The summed E-state index contributed by atoms with van der Waals surface area (Å²) in [6.45, 7) is 2.34. The van der Waals surface area contributed by atoms with Crippen LogP contribution in [0.2, 0.25) is 0 Å². The molecule has 2 saturated heterocycles. The molecule has 0 aliphatic carbocycles. The number of hydrogen-bond donors (Lipinski definition) is 1. The summed E-state index contributed by atoms with van der Waals surface area (Å²) in [4.78, 5) is 5.09. The van der Waals surface area contributed by atoms with E-state index in [0.717, 1.165) is 24.3 Å². The molecule has 2 aliphatic heterocycles. The molecule has 0 radical (unpaired) electrons. The lowest BCUT2D eigenvalue weighted by atomic mass is 10.1. The van der Waals surface area contributed by atoms with Gasteiger partial charge in [-0.05, 0) is 50.6 Å². The Morgan fingerprint density at radius 1 is 1.06 bits per heavy atom.